The van der Waals surface area contributed by atoms with Gasteiger partial charge in [0.2, 0.25) is 0 Å². The van der Waals surface area contributed by atoms with Gasteiger partial charge in [0.1, 0.15) is 0 Å². The molecule has 1 N–H and O–H groups in total. The van der Waals surface area contributed by atoms with Crippen molar-refractivity contribution >= 4 is 16.8 Å². The fourth-order valence-corrected chi connectivity index (χ4v) is 2.65. The van der Waals surface area contributed by atoms with E-state index in [1.54, 1.807) is 26.4 Å². The molecule has 23 heavy (non-hydrogen) atoms. The molecule has 0 saturated carbocycles. The summed E-state index contributed by atoms with van der Waals surface area (Å²) in [5, 5.41) is 1.55. The Labute approximate surface area is 134 Å². The maximum absolute atomic E-state index is 12.3. The van der Waals surface area contributed by atoms with Crippen molar-refractivity contribution in [3.8, 4) is 22.8 Å². The third kappa shape index (κ3) is 2.59. The molecule has 3 aromatic rings. The van der Waals surface area contributed by atoms with E-state index in [9.17, 15) is 4.79 Å². The molecule has 116 valence electrons. The molecule has 3 rings (SSSR count). The van der Waals surface area contributed by atoms with Gasteiger partial charge in [-0.2, -0.15) is 0 Å². The number of hydrogen-bond donors (Lipinski definition) is 1. The summed E-state index contributed by atoms with van der Waals surface area (Å²) in [5.41, 5.74) is 2.28. The van der Waals surface area contributed by atoms with E-state index in [0.29, 0.717) is 22.6 Å². The Kier molecular flexibility index (Phi) is 3.89. The van der Waals surface area contributed by atoms with E-state index in [-0.39, 0.29) is 5.56 Å². The Hall–Kier alpha value is -3.01. The predicted molar refractivity (Wildman–Crippen MR) is 93.2 cm³/mol. The summed E-state index contributed by atoms with van der Waals surface area (Å²) in [6.45, 7) is 3.84. The summed E-state index contributed by atoms with van der Waals surface area (Å²) in [6, 6.07) is 13.1. The average Bonchev–Trinajstić information content (AvgIpc) is 2.60. The average molecular weight is 307 g/mol. The van der Waals surface area contributed by atoms with Crippen LogP contribution in [0.2, 0.25) is 0 Å². The first-order valence-electron chi connectivity index (χ1n) is 7.19. The summed E-state index contributed by atoms with van der Waals surface area (Å²) in [7, 11) is 3.17. The van der Waals surface area contributed by atoms with E-state index in [4.69, 9.17) is 9.47 Å². The van der Waals surface area contributed by atoms with Gasteiger partial charge in [0.25, 0.3) is 5.56 Å². The van der Waals surface area contributed by atoms with Crippen LogP contribution in [0.1, 0.15) is 5.56 Å². The number of methoxy groups -OCH3 is 2. The van der Waals surface area contributed by atoms with Crippen molar-refractivity contribution in [2.75, 3.05) is 14.2 Å². The monoisotopic (exact) mass is 307 g/mol. The lowest BCUT2D eigenvalue weighted by molar-refractivity contribution is 0.355. The van der Waals surface area contributed by atoms with Gasteiger partial charge in [-0.25, -0.2) is 0 Å². The van der Waals surface area contributed by atoms with Crippen molar-refractivity contribution in [3.05, 3.63) is 65.0 Å². The van der Waals surface area contributed by atoms with Crippen LogP contribution in [0.3, 0.4) is 0 Å². The number of fused-ring (bicyclic) bond motifs is 1. The number of aromatic amines is 1. The molecule has 0 unspecified atom stereocenters. The fourth-order valence-electron chi connectivity index (χ4n) is 2.65. The van der Waals surface area contributed by atoms with E-state index in [2.05, 4.69) is 11.6 Å². The molecule has 1 heterocycles. The molecule has 0 aliphatic heterocycles. The zero-order chi connectivity index (χ0) is 16.4. The van der Waals surface area contributed by atoms with Crippen LogP contribution in [0.15, 0.2) is 53.8 Å². The molecule has 4 nitrogen and oxygen atoms in total. The Balaban J connectivity index is 2.29. The molecule has 0 bridgehead atoms. The third-order valence-electron chi connectivity index (χ3n) is 3.82. The Bertz CT molecular complexity index is 941. The molecule has 2 aromatic carbocycles. The second-order valence-electron chi connectivity index (χ2n) is 5.10. The van der Waals surface area contributed by atoms with Crippen molar-refractivity contribution in [2.45, 2.75) is 0 Å². The molecular weight excluding hydrogens is 290 g/mol. The van der Waals surface area contributed by atoms with Crippen LogP contribution >= 0.6 is 0 Å². The van der Waals surface area contributed by atoms with Gasteiger partial charge >= 0.3 is 0 Å². The van der Waals surface area contributed by atoms with Gasteiger partial charge in [0.05, 0.1) is 14.2 Å². The first kappa shape index (κ1) is 14.9. The molecule has 0 aliphatic rings. The van der Waals surface area contributed by atoms with Crippen LogP contribution < -0.4 is 15.0 Å². The highest BCUT2D eigenvalue weighted by molar-refractivity contribution is 5.87. The molecular formula is C19H17NO3. The minimum atomic E-state index is -0.122. The molecule has 0 radical (unpaired) electrons. The highest BCUT2D eigenvalue weighted by Gasteiger charge is 2.12. The van der Waals surface area contributed by atoms with Crippen molar-refractivity contribution in [2.24, 2.45) is 0 Å². The second kappa shape index (κ2) is 6.01. The van der Waals surface area contributed by atoms with Crippen molar-refractivity contribution in [3.63, 3.8) is 0 Å². The highest BCUT2D eigenvalue weighted by atomic mass is 16.5. The Morgan fingerprint density at radius 3 is 2.43 bits per heavy atom. The predicted octanol–water partition coefficient (Wildman–Crippen LogP) is 3.86. The number of aromatic nitrogens is 1. The summed E-state index contributed by atoms with van der Waals surface area (Å²) < 4.78 is 10.7. The SMILES string of the molecule is C=Cc1cc(OC)c(OC)cc1-c1cc2ccccc2c(=O)[nH]1. The third-order valence-corrected chi connectivity index (χ3v) is 3.82. The molecule has 0 atom stereocenters. The molecule has 0 fully saturated rings. The van der Waals surface area contributed by atoms with Crippen LogP contribution in [0, 0.1) is 0 Å². The number of benzene rings is 2. The lowest BCUT2D eigenvalue weighted by Gasteiger charge is -2.13. The van der Waals surface area contributed by atoms with Gasteiger partial charge in [-0.1, -0.05) is 30.9 Å². The van der Waals surface area contributed by atoms with Gasteiger partial charge < -0.3 is 14.5 Å². The standard InChI is InChI=1S/C19H17NO3/c1-4-12-10-17(22-2)18(23-3)11-15(12)16-9-13-7-5-6-8-14(13)19(21)20-16/h4-11H,1H2,2-3H3,(H,20,21). The number of ether oxygens (including phenoxy) is 2. The summed E-state index contributed by atoms with van der Waals surface area (Å²) in [4.78, 5) is 15.2. The van der Waals surface area contributed by atoms with Gasteiger partial charge in [-0.3, -0.25) is 4.79 Å². The molecule has 0 saturated heterocycles. The topological polar surface area (TPSA) is 51.3 Å². The number of nitrogens with one attached hydrogen (secondary N) is 1. The summed E-state index contributed by atoms with van der Waals surface area (Å²) in [6.07, 6.45) is 1.73. The number of pyridine rings is 1. The minimum absolute atomic E-state index is 0.122. The van der Waals surface area contributed by atoms with Crippen LogP contribution in [0.25, 0.3) is 28.1 Å². The first-order valence-corrected chi connectivity index (χ1v) is 7.19. The zero-order valence-corrected chi connectivity index (χ0v) is 13.1. The van der Waals surface area contributed by atoms with E-state index < -0.39 is 0 Å². The number of hydrogen-bond acceptors (Lipinski definition) is 3. The fraction of sp³-hybridized carbons (Fsp3) is 0.105. The van der Waals surface area contributed by atoms with Crippen LogP contribution in [-0.4, -0.2) is 19.2 Å². The molecule has 1 aromatic heterocycles. The zero-order valence-electron chi connectivity index (χ0n) is 13.1. The van der Waals surface area contributed by atoms with Gasteiger partial charge in [0.15, 0.2) is 11.5 Å². The minimum Gasteiger partial charge on any atom is -0.493 e. The number of rotatable bonds is 4. The quantitative estimate of drug-likeness (QED) is 0.796. The number of H-pyrrole nitrogens is 1. The normalized spacial score (nSPS) is 10.5. The lowest BCUT2D eigenvalue weighted by atomic mass is 10.0. The van der Waals surface area contributed by atoms with Gasteiger partial charge in [-0.05, 0) is 35.2 Å². The van der Waals surface area contributed by atoms with E-state index in [1.165, 1.54) is 0 Å². The van der Waals surface area contributed by atoms with Gasteiger partial charge in [0, 0.05) is 16.6 Å². The molecule has 0 spiro atoms. The van der Waals surface area contributed by atoms with Crippen LogP contribution in [0.4, 0.5) is 0 Å². The van der Waals surface area contributed by atoms with Crippen molar-refractivity contribution in [1.29, 1.82) is 0 Å². The Morgan fingerprint density at radius 1 is 1.04 bits per heavy atom. The molecule has 0 amide bonds. The van der Waals surface area contributed by atoms with Crippen molar-refractivity contribution < 1.29 is 9.47 Å². The van der Waals surface area contributed by atoms with Crippen molar-refractivity contribution in [1.82, 2.24) is 4.98 Å². The lowest BCUT2D eigenvalue weighted by Crippen LogP contribution is -2.07. The largest absolute Gasteiger partial charge is 0.493 e. The summed E-state index contributed by atoms with van der Waals surface area (Å²) >= 11 is 0. The first-order chi connectivity index (χ1) is 11.2. The van der Waals surface area contributed by atoms with E-state index >= 15 is 0 Å². The van der Waals surface area contributed by atoms with Gasteiger partial charge in [-0.15, -0.1) is 0 Å². The Morgan fingerprint density at radius 2 is 1.74 bits per heavy atom. The molecule has 4 heteroatoms. The smallest absolute Gasteiger partial charge is 0.256 e. The molecule has 0 aliphatic carbocycles. The maximum atomic E-state index is 12.3. The second-order valence-corrected chi connectivity index (χ2v) is 5.10. The van der Waals surface area contributed by atoms with E-state index in [0.717, 1.165) is 16.5 Å². The maximum Gasteiger partial charge on any atom is 0.256 e. The highest BCUT2D eigenvalue weighted by Crippen LogP contribution is 2.35. The van der Waals surface area contributed by atoms with Crippen LogP contribution in [0.5, 0.6) is 11.5 Å². The van der Waals surface area contributed by atoms with Crippen LogP contribution in [-0.2, 0) is 0 Å². The summed E-state index contributed by atoms with van der Waals surface area (Å²) in [5.74, 6) is 1.22. The van der Waals surface area contributed by atoms with E-state index in [1.807, 2.05) is 36.4 Å².